The second-order valence-electron chi connectivity index (χ2n) is 4.87. The minimum atomic E-state index is -4.89. The fraction of sp³-hybridized carbons (Fsp3) is 0.125. The van der Waals surface area contributed by atoms with Gasteiger partial charge in [-0.3, -0.25) is 5.32 Å². The Morgan fingerprint density at radius 3 is 2.33 bits per heavy atom. The van der Waals surface area contributed by atoms with Gasteiger partial charge in [-0.1, -0.05) is 27.7 Å². The molecule has 0 fully saturated rings. The van der Waals surface area contributed by atoms with Crippen LogP contribution in [0.5, 0.6) is 11.5 Å². The molecule has 0 saturated carbocycles. The summed E-state index contributed by atoms with van der Waals surface area (Å²) in [4.78, 5) is 4.12. The molecule has 0 aliphatic heterocycles. The second kappa shape index (κ2) is 8.58. The highest BCUT2D eigenvalue weighted by Gasteiger charge is 2.33. The molecule has 0 unspecified atom stereocenters. The number of hydrogen-bond donors (Lipinski definition) is 1. The Labute approximate surface area is 163 Å². The zero-order valence-corrected chi connectivity index (χ0v) is 15.8. The van der Waals surface area contributed by atoms with Gasteiger partial charge in [0.25, 0.3) is 0 Å². The highest BCUT2D eigenvalue weighted by molar-refractivity contribution is 9.10. The molecule has 0 bridgehead atoms. The van der Waals surface area contributed by atoms with Gasteiger partial charge in [-0.2, -0.15) is 18.4 Å². The molecule has 2 aromatic rings. The number of rotatable bonds is 3. The summed E-state index contributed by atoms with van der Waals surface area (Å²) in [6.45, 7) is 0. The SMILES string of the molecule is CSC(=Nc1cc(Br)cc(Oc2c(F)cc(C(F)(F)F)cc2F)c1)NC#N. The fourth-order valence-electron chi connectivity index (χ4n) is 1.90. The predicted octanol–water partition coefficient (Wildman–Crippen LogP) is 5.96. The van der Waals surface area contributed by atoms with E-state index in [1.54, 1.807) is 18.5 Å². The number of nitriles is 1. The molecular weight excluding hydrogens is 457 g/mol. The summed E-state index contributed by atoms with van der Waals surface area (Å²) in [5, 5.41) is 11.2. The molecule has 0 heterocycles. The molecule has 2 rings (SSSR count). The predicted molar refractivity (Wildman–Crippen MR) is 94.9 cm³/mol. The van der Waals surface area contributed by atoms with Crippen molar-refractivity contribution in [2.45, 2.75) is 6.18 Å². The third-order valence-corrected chi connectivity index (χ3v) is 4.03. The van der Waals surface area contributed by atoms with Gasteiger partial charge in [-0.05, 0) is 30.5 Å². The third kappa shape index (κ3) is 5.58. The first-order valence-electron chi connectivity index (χ1n) is 6.96. The Balaban J connectivity index is 2.40. The van der Waals surface area contributed by atoms with E-state index in [9.17, 15) is 22.0 Å². The largest absolute Gasteiger partial charge is 0.451 e. The Hall–Kier alpha value is -2.32. The first kappa shape index (κ1) is 21.0. The van der Waals surface area contributed by atoms with E-state index in [0.717, 1.165) is 11.8 Å². The lowest BCUT2D eigenvalue weighted by Crippen LogP contribution is -2.12. The first-order chi connectivity index (χ1) is 12.6. The number of ether oxygens (including phenoxy) is 1. The van der Waals surface area contributed by atoms with Crippen LogP contribution in [0.1, 0.15) is 5.56 Å². The van der Waals surface area contributed by atoms with Gasteiger partial charge in [0, 0.05) is 10.5 Å². The van der Waals surface area contributed by atoms with Gasteiger partial charge >= 0.3 is 6.18 Å². The first-order valence-corrected chi connectivity index (χ1v) is 8.98. The van der Waals surface area contributed by atoms with Crippen LogP contribution in [-0.2, 0) is 6.18 Å². The maximum atomic E-state index is 13.9. The van der Waals surface area contributed by atoms with E-state index in [1.807, 2.05) is 0 Å². The summed E-state index contributed by atoms with van der Waals surface area (Å²) in [5.41, 5.74) is -1.18. The van der Waals surface area contributed by atoms with E-state index in [0.29, 0.717) is 4.47 Å². The van der Waals surface area contributed by atoms with Gasteiger partial charge in [-0.25, -0.2) is 13.8 Å². The Kier molecular flexibility index (Phi) is 6.67. The Morgan fingerprint density at radius 2 is 1.81 bits per heavy atom. The molecule has 0 aliphatic rings. The number of halogens is 6. The third-order valence-electron chi connectivity index (χ3n) is 2.99. The number of aliphatic imine (C=N–C) groups is 1. The van der Waals surface area contributed by atoms with Crippen LogP contribution in [0.25, 0.3) is 0 Å². The van der Waals surface area contributed by atoms with Crippen molar-refractivity contribution in [3.63, 3.8) is 0 Å². The lowest BCUT2D eigenvalue weighted by molar-refractivity contribution is -0.138. The average Bonchev–Trinajstić information content (AvgIpc) is 2.56. The molecule has 0 amide bonds. The van der Waals surface area contributed by atoms with Crippen molar-refractivity contribution in [1.82, 2.24) is 5.32 Å². The van der Waals surface area contributed by atoms with Crippen LogP contribution >= 0.6 is 27.7 Å². The van der Waals surface area contributed by atoms with E-state index in [4.69, 9.17) is 10.00 Å². The smallest absolute Gasteiger partial charge is 0.416 e. The van der Waals surface area contributed by atoms with Crippen LogP contribution < -0.4 is 10.1 Å². The molecule has 0 aromatic heterocycles. The van der Waals surface area contributed by atoms with Gasteiger partial charge in [0.1, 0.15) is 5.75 Å². The molecule has 0 saturated heterocycles. The van der Waals surface area contributed by atoms with E-state index in [1.165, 1.54) is 12.1 Å². The van der Waals surface area contributed by atoms with Gasteiger partial charge in [-0.15, -0.1) is 0 Å². The van der Waals surface area contributed by atoms with Crippen molar-refractivity contribution in [3.05, 3.63) is 52.0 Å². The zero-order chi connectivity index (χ0) is 20.2. The van der Waals surface area contributed by atoms with Crippen LogP contribution in [-0.4, -0.2) is 11.4 Å². The number of alkyl halides is 3. The summed E-state index contributed by atoms with van der Waals surface area (Å²) < 4.78 is 71.2. The summed E-state index contributed by atoms with van der Waals surface area (Å²) >= 11 is 4.32. The molecule has 1 N–H and O–H groups in total. The fourth-order valence-corrected chi connectivity index (χ4v) is 2.70. The molecule has 0 spiro atoms. The van der Waals surface area contributed by atoms with Gasteiger partial charge in [0.15, 0.2) is 28.7 Å². The lowest BCUT2D eigenvalue weighted by Gasteiger charge is -2.12. The molecular formula is C16H9BrF5N3OS. The van der Waals surface area contributed by atoms with Crippen LogP contribution in [0.2, 0.25) is 0 Å². The second-order valence-corrected chi connectivity index (χ2v) is 6.58. The van der Waals surface area contributed by atoms with Gasteiger partial charge in [0.2, 0.25) is 0 Å². The number of benzene rings is 2. The molecule has 2 aromatic carbocycles. The van der Waals surface area contributed by atoms with Crippen molar-refractivity contribution in [3.8, 4) is 17.7 Å². The van der Waals surface area contributed by atoms with Crippen LogP contribution in [0.4, 0.5) is 27.6 Å². The van der Waals surface area contributed by atoms with Crippen molar-refractivity contribution in [2.24, 2.45) is 4.99 Å². The van der Waals surface area contributed by atoms with Crippen LogP contribution in [0.15, 0.2) is 39.8 Å². The lowest BCUT2D eigenvalue weighted by atomic mass is 10.2. The molecule has 4 nitrogen and oxygen atoms in total. The maximum Gasteiger partial charge on any atom is 0.416 e. The van der Waals surface area contributed by atoms with E-state index >= 15 is 0 Å². The quantitative estimate of drug-likeness (QED) is 0.200. The highest BCUT2D eigenvalue weighted by atomic mass is 79.9. The minimum Gasteiger partial charge on any atom is -0.451 e. The van der Waals surface area contributed by atoms with Crippen LogP contribution in [0.3, 0.4) is 0 Å². The van der Waals surface area contributed by atoms with Gasteiger partial charge in [0.05, 0.1) is 11.3 Å². The van der Waals surface area contributed by atoms with Crippen molar-refractivity contribution < 1.29 is 26.7 Å². The van der Waals surface area contributed by atoms with E-state index in [-0.39, 0.29) is 28.7 Å². The molecule has 0 aliphatic carbocycles. The van der Waals surface area contributed by atoms with Gasteiger partial charge < -0.3 is 4.74 Å². The number of nitrogens with one attached hydrogen (secondary N) is 1. The molecule has 11 heteroatoms. The Morgan fingerprint density at radius 1 is 1.19 bits per heavy atom. The summed E-state index contributed by atoms with van der Waals surface area (Å²) in [6.07, 6.45) is -1.51. The Bertz CT molecular complexity index is 904. The summed E-state index contributed by atoms with van der Waals surface area (Å²) in [6, 6.07) is 4.50. The van der Waals surface area contributed by atoms with E-state index < -0.39 is 29.1 Å². The normalized spacial score (nSPS) is 11.9. The number of thioether (sulfide) groups is 1. The topological polar surface area (TPSA) is 57.4 Å². The number of amidine groups is 1. The monoisotopic (exact) mass is 465 g/mol. The number of nitrogens with zero attached hydrogens (tertiary/aromatic N) is 2. The molecule has 0 atom stereocenters. The zero-order valence-electron chi connectivity index (χ0n) is 13.4. The highest BCUT2D eigenvalue weighted by Crippen LogP contribution is 2.37. The van der Waals surface area contributed by atoms with E-state index in [2.05, 4.69) is 26.2 Å². The standard InChI is InChI=1S/C16H9BrF5N3OS/c1-27-15(24-7-23)25-10-4-9(17)5-11(6-10)26-14-12(18)2-8(3-13(14)19)16(20,21)22/h2-6H,1H3,(H,24,25). The summed E-state index contributed by atoms with van der Waals surface area (Å²) in [5.74, 6) is -4.04. The minimum absolute atomic E-state index is 0.0712. The van der Waals surface area contributed by atoms with Crippen molar-refractivity contribution >= 4 is 38.5 Å². The van der Waals surface area contributed by atoms with Crippen LogP contribution in [0, 0.1) is 23.1 Å². The molecule has 0 radical (unpaired) electrons. The number of hydrogen-bond acceptors (Lipinski definition) is 4. The summed E-state index contributed by atoms with van der Waals surface area (Å²) in [7, 11) is 0. The average molecular weight is 466 g/mol. The van der Waals surface area contributed by atoms with Crippen molar-refractivity contribution in [1.29, 1.82) is 5.26 Å². The maximum absolute atomic E-state index is 13.9. The molecule has 142 valence electrons. The van der Waals surface area contributed by atoms with Crippen molar-refractivity contribution in [2.75, 3.05) is 6.26 Å². The molecule has 27 heavy (non-hydrogen) atoms.